The number of hydrogen-bond acceptors (Lipinski definition) is 6. The fourth-order valence-corrected chi connectivity index (χ4v) is 2.40. The number of anilines is 1. The van der Waals surface area contributed by atoms with Gasteiger partial charge in [0, 0.05) is 19.7 Å². The summed E-state index contributed by atoms with van der Waals surface area (Å²) in [7, 11) is 1.65. The second-order valence-electron chi connectivity index (χ2n) is 3.93. The van der Waals surface area contributed by atoms with E-state index in [1.807, 2.05) is 18.2 Å². The van der Waals surface area contributed by atoms with Crippen molar-refractivity contribution in [1.82, 2.24) is 9.97 Å². The van der Waals surface area contributed by atoms with Crippen molar-refractivity contribution >= 4 is 22.9 Å². The lowest BCUT2D eigenvalue weighted by Gasteiger charge is -2.05. The molecule has 1 N–H and O–H groups in total. The van der Waals surface area contributed by atoms with Crippen LogP contribution in [0.1, 0.15) is 16.6 Å². The predicted octanol–water partition coefficient (Wildman–Crippen LogP) is 2.47. The maximum Gasteiger partial charge on any atom is 0.169 e. The van der Waals surface area contributed by atoms with Crippen molar-refractivity contribution in [3.63, 3.8) is 0 Å². The molecule has 2 heterocycles. The number of nitrogens with one attached hydrogen (secondary N) is 1. The van der Waals surface area contributed by atoms with Gasteiger partial charge < -0.3 is 10.1 Å². The van der Waals surface area contributed by atoms with Crippen LogP contribution in [0.15, 0.2) is 24.5 Å². The molecule has 5 nitrogen and oxygen atoms in total. The molecule has 0 unspecified atom stereocenters. The minimum Gasteiger partial charge on any atom is -0.383 e. The summed E-state index contributed by atoms with van der Waals surface area (Å²) < 4.78 is 4.97. The van der Waals surface area contributed by atoms with Crippen molar-refractivity contribution in [2.45, 2.75) is 6.92 Å². The zero-order valence-corrected chi connectivity index (χ0v) is 11.7. The number of ketones is 1. The number of methoxy groups -OCH3 is 1. The third-order valence-electron chi connectivity index (χ3n) is 2.48. The molecular formula is C13H15N3O2S. The van der Waals surface area contributed by atoms with Crippen LogP contribution in [0.5, 0.6) is 0 Å². The van der Waals surface area contributed by atoms with Gasteiger partial charge in [0.2, 0.25) is 0 Å². The molecule has 0 radical (unpaired) electrons. The van der Waals surface area contributed by atoms with Crippen LogP contribution in [0, 0.1) is 0 Å². The fraction of sp³-hybridized carbons (Fsp3) is 0.308. The molecule has 2 aromatic rings. The Kier molecular flexibility index (Phi) is 4.59. The minimum atomic E-state index is 0.0729. The highest BCUT2D eigenvalue weighted by Crippen LogP contribution is 2.27. The monoisotopic (exact) mass is 277 g/mol. The van der Waals surface area contributed by atoms with Crippen LogP contribution in [0.4, 0.5) is 5.82 Å². The van der Waals surface area contributed by atoms with Crippen LogP contribution < -0.4 is 5.32 Å². The van der Waals surface area contributed by atoms with Crippen molar-refractivity contribution in [2.24, 2.45) is 0 Å². The first-order valence-electron chi connectivity index (χ1n) is 5.86. The van der Waals surface area contributed by atoms with E-state index in [0.29, 0.717) is 13.2 Å². The smallest absolute Gasteiger partial charge is 0.169 e. The van der Waals surface area contributed by atoms with E-state index in [0.717, 1.165) is 21.3 Å². The van der Waals surface area contributed by atoms with Gasteiger partial charge in [0.1, 0.15) is 12.1 Å². The van der Waals surface area contributed by atoms with Gasteiger partial charge in [0.15, 0.2) is 5.78 Å². The number of ether oxygens (including phenoxy) is 1. The van der Waals surface area contributed by atoms with Crippen molar-refractivity contribution in [2.75, 3.05) is 25.6 Å². The fourth-order valence-electron chi connectivity index (χ4n) is 1.53. The van der Waals surface area contributed by atoms with Crippen LogP contribution in [0.3, 0.4) is 0 Å². The molecule has 6 heteroatoms. The van der Waals surface area contributed by atoms with Crippen LogP contribution in [-0.2, 0) is 4.74 Å². The molecule has 0 aliphatic heterocycles. The van der Waals surface area contributed by atoms with E-state index in [2.05, 4.69) is 15.3 Å². The third-order valence-corrected chi connectivity index (χ3v) is 3.69. The van der Waals surface area contributed by atoms with Crippen molar-refractivity contribution in [3.05, 3.63) is 29.4 Å². The molecule has 0 aromatic carbocycles. The molecule has 2 rings (SSSR count). The van der Waals surface area contributed by atoms with E-state index in [1.165, 1.54) is 17.7 Å². The van der Waals surface area contributed by atoms with Gasteiger partial charge in [-0.3, -0.25) is 4.79 Å². The number of hydrogen-bond donors (Lipinski definition) is 1. The highest BCUT2D eigenvalue weighted by Gasteiger charge is 2.08. The normalized spacial score (nSPS) is 10.4. The van der Waals surface area contributed by atoms with Crippen molar-refractivity contribution < 1.29 is 9.53 Å². The molecule has 0 aliphatic rings. The lowest BCUT2D eigenvalue weighted by molar-refractivity contribution is 0.102. The Morgan fingerprint density at radius 2 is 2.26 bits per heavy atom. The van der Waals surface area contributed by atoms with Gasteiger partial charge in [-0.2, -0.15) is 0 Å². The molecule has 0 amide bonds. The Labute approximate surface area is 115 Å². The third kappa shape index (κ3) is 3.59. The van der Waals surface area contributed by atoms with Gasteiger partial charge in [0.25, 0.3) is 0 Å². The van der Waals surface area contributed by atoms with Crippen molar-refractivity contribution in [3.8, 4) is 10.6 Å². The largest absolute Gasteiger partial charge is 0.383 e. The van der Waals surface area contributed by atoms with Crippen LogP contribution in [0.2, 0.25) is 0 Å². The number of rotatable bonds is 6. The van der Waals surface area contributed by atoms with E-state index < -0.39 is 0 Å². The highest BCUT2D eigenvalue weighted by molar-refractivity contribution is 7.17. The lowest BCUT2D eigenvalue weighted by atomic mass is 10.3. The Hall–Kier alpha value is -1.79. The lowest BCUT2D eigenvalue weighted by Crippen LogP contribution is -2.08. The van der Waals surface area contributed by atoms with Crippen LogP contribution >= 0.6 is 11.3 Å². The second-order valence-corrected chi connectivity index (χ2v) is 5.01. The van der Waals surface area contributed by atoms with Gasteiger partial charge in [-0.25, -0.2) is 9.97 Å². The summed E-state index contributed by atoms with van der Waals surface area (Å²) in [6.07, 6.45) is 1.51. The number of aromatic nitrogens is 2. The second kappa shape index (κ2) is 6.40. The maximum absolute atomic E-state index is 11.3. The zero-order valence-electron chi connectivity index (χ0n) is 10.8. The molecule has 0 bridgehead atoms. The van der Waals surface area contributed by atoms with Crippen molar-refractivity contribution in [1.29, 1.82) is 0 Å². The van der Waals surface area contributed by atoms with Gasteiger partial charge in [-0.05, 0) is 19.1 Å². The summed E-state index contributed by atoms with van der Waals surface area (Å²) in [6, 6.07) is 5.59. The predicted molar refractivity (Wildman–Crippen MR) is 75.7 cm³/mol. The van der Waals surface area contributed by atoms with E-state index in [9.17, 15) is 4.79 Å². The van der Waals surface area contributed by atoms with E-state index in [1.54, 1.807) is 14.0 Å². The summed E-state index contributed by atoms with van der Waals surface area (Å²) in [4.78, 5) is 21.3. The van der Waals surface area contributed by atoms with Gasteiger partial charge in [-0.15, -0.1) is 11.3 Å². The first-order valence-corrected chi connectivity index (χ1v) is 6.68. The minimum absolute atomic E-state index is 0.0729. The Bertz CT molecular complexity index is 569. The van der Waals surface area contributed by atoms with Gasteiger partial charge >= 0.3 is 0 Å². The van der Waals surface area contributed by atoms with E-state index >= 15 is 0 Å². The Balaban J connectivity index is 2.15. The van der Waals surface area contributed by atoms with Gasteiger partial charge in [0.05, 0.1) is 22.1 Å². The first-order chi connectivity index (χ1) is 9.20. The molecule has 0 aliphatic carbocycles. The molecule has 0 atom stereocenters. The summed E-state index contributed by atoms with van der Waals surface area (Å²) in [5.74, 6) is 0.823. The average molecular weight is 277 g/mol. The summed E-state index contributed by atoms with van der Waals surface area (Å²) >= 11 is 1.44. The van der Waals surface area contributed by atoms with E-state index in [-0.39, 0.29) is 5.78 Å². The molecule has 100 valence electrons. The maximum atomic E-state index is 11.3. The molecule has 2 aromatic heterocycles. The average Bonchev–Trinajstić information content (AvgIpc) is 2.89. The quantitative estimate of drug-likeness (QED) is 0.649. The molecule has 0 saturated heterocycles. The number of nitrogens with zero attached hydrogens (tertiary/aromatic N) is 2. The van der Waals surface area contributed by atoms with E-state index in [4.69, 9.17) is 4.74 Å². The highest BCUT2D eigenvalue weighted by atomic mass is 32.1. The standard InChI is InChI=1S/C13H15N3O2S/c1-9(17)11-3-4-12(19-11)10-7-13(16-8-15-10)14-5-6-18-2/h3-4,7-8H,5-6H2,1-2H3,(H,14,15,16). The zero-order chi connectivity index (χ0) is 13.7. The molecule has 0 fully saturated rings. The molecular weight excluding hydrogens is 262 g/mol. The Morgan fingerprint density at radius 3 is 2.95 bits per heavy atom. The van der Waals surface area contributed by atoms with Crippen LogP contribution in [-0.4, -0.2) is 36.0 Å². The number of Topliss-reactive ketones (excluding diaryl/α,β-unsaturated/α-hetero) is 1. The summed E-state index contributed by atoms with van der Waals surface area (Å²) in [5, 5.41) is 3.15. The summed E-state index contributed by atoms with van der Waals surface area (Å²) in [5.41, 5.74) is 0.812. The topological polar surface area (TPSA) is 64.1 Å². The molecule has 0 spiro atoms. The van der Waals surface area contributed by atoms with Crippen LogP contribution in [0.25, 0.3) is 10.6 Å². The molecule has 19 heavy (non-hydrogen) atoms. The number of carbonyl (C=O) groups is 1. The number of carbonyl (C=O) groups excluding carboxylic acids is 1. The summed E-state index contributed by atoms with van der Waals surface area (Å²) in [6.45, 7) is 2.87. The first kappa shape index (κ1) is 13.6. The molecule has 0 saturated carbocycles. The number of thiophene rings is 1. The SMILES string of the molecule is COCCNc1cc(-c2ccc(C(C)=O)s2)ncn1. The Morgan fingerprint density at radius 1 is 1.42 bits per heavy atom. The van der Waals surface area contributed by atoms with Gasteiger partial charge in [-0.1, -0.05) is 0 Å².